The fraction of sp³-hybridized carbons (Fsp3) is 0.240. The maximum Gasteiger partial charge on any atom is 0.199 e. The average Bonchev–Trinajstić information content (AvgIpc) is 2.85. The number of rotatable bonds is 4. The van der Waals surface area contributed by atoms with Crippen molar-refractivity contribution >= 4 is 5.78 Å². The molecule has 3 aromatic rings. The Kier molecular flexibility index (Phi) is 5.32. The summed E-state index contributed by atoms with van der Waals surface area (Å²) in [6.45, 7) is -0.301. The molecule has 0 spiro atoms. The molecule has 3 aromatic carbocycles. The molecule has 4 atom stereocenters. The number of carbonyl (C=O) groups excluding carboxylic acids is 1. The van der Waals surface area contributed by atoms with Crippen LogP contribution in [0.1, 0.15) is 33.7 Å². The average molecular weight is 450 g/mol. The van der Waals surface area contributed by atoms with Gasteiger partial charge in [-0.1, -0.05) is 24.3 Å². The predicted molar refractivity (Wildman–Crippen MR) is 116 cm³/mol. The number of carbonyl (C=O) groups is 1. The summed E-state index contributed by atoms with van der Waals surface area (Å²) in [5.74, 6) is 1.03. The highest BCUT2D eigenvalue weighted by Gasteiger charge is 2.38. The first-order chi connectivity index (χ1) is 16.0. The topological polar surface area (TPSA) is 115 Å². The number of phenols is 1. The number of ketones is 1. The molecule has 0 radical (unpaired) electrons. The summed E-state index contributed by atoms with van der Waals surface area (Å²) in [6, 6.07) is 16.5. The van der Waals surface area contributed by atoms with Crippen molar-refractivity contribution in [1.29, 1.82) is 0 Å². The number of fused-ring (bicyclic) bond motifs is 2. The summed E-state index contributed by atoms with van der Waals surface area (Å²) in [5, 5.41) is 30.4. The minimum absolute atomic E-state index is 0.0189. The summed E-state index contributed by atoms with van der Waals surface area (Å²) in [4.78, 5) is 12.6. The highest BCUT2D eigenvalue weighted by Crippen LogP contribution is 2.44. The number of methoxy groups -OCH3 is 1. The second-order valence-electron chi connectivity index (χ2n) is 7.86. The van der Waals surface area contributed by atoms with Crippen molar-refractivity contribution in [1.82, 2.24) is 0 Å². The van der Waals surface area contributed by atoms with E-state index in [1.54, 1.807) is 54.6 Å². The Bertz CT molecular complexity index is 1210. The number of benzene rings is 3. The third-order valence-electron chi connectivity index (χ3n) is 5.84. The smallest absolute Gasteiger partial charge is 0.199 e. The molecule has 0 aliphatic carbocycles. The summed E-state index contributed by atoms with van der Waals surface area (Å²) in [6.07, 6.45) is -3.66. The second-order valence-corrected chi connectivity index (χ2v) is 7.86. The normalized spacial score (nSPS) is 23.4. The van der Waals surface area contributed by atoms with Gasteiger partial charge in [-0.2, -0.15) is 0 Å². The number of aliphatic hydroxyl groups is 2. The van der Waals surface area contributed by atoms with Crippen LogP contribution in [-0.2, 0) is 0 Å². The first kappa shape index (κ1) is 21.1. The summed E-state index contributed by atoms with van der Waals surface area (Å²) >= 11 is 0. The van der Waals surface area contributed by atoms with Crippen LogP contribution in [0, 0.1) is 0 Å². The van der Waals surface area contributed by atoms with Crippen LogP contribution in [0.2, 0.25) is 0 Å². The Balaban J connectivity index is 1.48. The molecule has 5 rings (SSSR count). The molecule has 0 saturated heterocycles. The minimum Gasteiger partial charge on any atom is -0.504 e. The molecule has 0 unspecified atom stereocenters. The number of hydrogen-bond acceptors (Lipinski definition) is 8. The van der Waals surface area contributed by atoms with E-state index < -0.39 is 30.2 Å². The molecule has 2 aliphatic rings. The van der Waals surface area contributed by atoms with Crippen LogP contribution in [0.3, 0.4) is 0 Å². The summed E-state index contributed by atoms with van der Waals surface area (Å²) in [7, 11) is 1.44. The third-order valence-corrected chi connectivity index (χ3v) is 5.84. The lowest BCUT2D eigenvalue weighted by Crippen LogP contribution is -2.37. The van der Waals surface area contributed by atoms with E-state index in [1.807, 2.05) is 0 Å². The van der Waals surface area contributed by atoms with E-state index in [4.69, 9.17) is 18.9 Å². The van der Waals surface area contributed by atoms with Gasteiger partial charge in [0.25, 0.3) is 0 Å². The van der Waals surface area contributed by atoms with E-state index in [-0.39, 0.29) is 18.1 Å². The Morgan fingerprint density at radius 1 is 0.879 bits per heavy atom. The zero-order chi connectivity index (χ0) is 23.1. The molecular weight excluding hydrogens is 428 g/mol. The van der Waals surface area contributed by atoms with Crippen molar-refractivity contribution in [2.75, 3.05) is 13.7 Å². The molecule has 170 valence electrons. The molecule has 8 heteroatoms. The van der Waals surface area contributed by atoms with Gasteiger partial charge in [0, 0.05) is 5.56 Å². The standard InChI is InChI=1S/C25H22O8/c1-30-19-10-13(6-8-16(19)27)24-21(12-26)31-18-9-7-14(11-20(18)33-24)25-23(29)22(28)15-4-2-3-5-17(15)32-25/h2-11,21,23-27,29H,12H2,1H3/t21-,23+,24-,25-/m1/s1. The SMILES string of the molecule is COc1cc([C@H]2Oc3cc([C@H]4Oc5ccccc5C(=O)[C@@H]4O)ccc3O[C@@H]2CO)ccc1O. The van der Waals surface area contributed by atoms with Crippen molar-refractivity contribution in [2.45, 2.75) is 24.4 Å². The number of hydrogen-bond donors (Lipinski definition) is 3. The quantitative estimate of drug-likeness (QED) is 0.556. The molecule has 8 nitrogen and oxygen atoms in total. The molecule has 0 amide bonds. The molecular formula is C25H22O8. The lowest BCUT2D eigenvalue weighted by Gasteiger charge is -2.35. The van der Waals surface area contributed by atoms with Gasteiger partial charge in [-0.3, -0.25) is 4.79 Å². The van der Waals surface area contributed by atoms with Crippen LogP contribution in [0.15, 0.2) is 60.7 Å². The molecule has 2 heterocycles. The minimum atomic E-state index is -1.37. The molecule has 0 fully saturated rings. The molecule has 2 aliphatic heterocycles. The van der Waals surface area contributed by atoms with Gasteiger partial charge in [0.2, 0.25) is 0 Å². The maximum absolute atomic E-state index is 12.6. The van der Waals surface area contributed by atoms with Gasteiger partial charge in [-0.25, -0.2) is 0 Å². The second kappa shape index (κ2) is 8.31. The number of ether oxygens (including phenoxy) is 4. The molecule has 0 bridgehead atoms. The lowest BCUT2D eigenvalue weighted by atomic mass is 9.93. The monoisotopic (exact) mass is 450 g/mol. The summed E-state index contributed by atoms with van der Waals surface area (Å²) in [5.41, 5.74) is 1.51. The zero-order valence-corrected chi connectivity index (χ0v) is 17.7. The van der Waals surface area contributed by atoms with Crippen LogP contribution in [0.5, 0.6) is 28.7 Å². The highest BCUT2D eigenvalue weighted by molar-refractivity contribution is 6.03. The van der Waals surface area contributed by atoms with E-state index in [9.17, 15) is 20.1 Å². The number of aromatic hydroxyl groups is 1. The molecule has 0 aromatic heterocycles. The first-order valence-corrected chi connectivity index (χ1v) is 10.4. The largest absolute Gasteiger partial charge is 0.504 e. The van der Waals surface area contributed by atoms with E-state index in [1.165, 1.54) is 13.2 Å². The van der Waals surface area contributed by atoms with Crippen molar-refractivity contribution in [3.63, 3.8) is 0 Å². The van der Waals surface area contributed by atoms with Crippen LogP contribution in [-0.4, -0.2) is 47.0 Å². The van der Waals surface area contributed by atoms with Gasteiger partial charge in [-0.15, -0.1) is 0 Å². The van der Waals surface area contributed by atoms with E-state index in [0.717, 1.165) is 0 Å². The van der Waals surface area contributed by atoms with E-state index in [0.29, 0.717) is 33.9 Å². The molecule has 3 N–H and O–H groups in total. The number of Topliss-reactive ketones (excluding diaryl/α,β-unsaturated/α-hetero) is 1. The van der Waals surface area contributed by atoms with Crippen LogP contribution < -0.4 is 18.9 Å². The van der Waals surface area contributed by atoms with Gasteiger partial charge in [0.15, 0.2) is 53.2 Å². The first-order valence-electron chi connectivity index (χ1n) is 10.4. The van der Waals surface area contributed by atoms with E-state index in [2.05, 4.69) is 0 Å². The fourth-order valence-electron chi connectivity index (χ4n) is 4.14. The van der Waals surface area contributed by atoms with Gasteiger partial charge < -0.3 is 34.3 Å². The predicted octanol–water partition coefficient (Wildman–Crippen LogP) is 2.95. The van der Waals surface area contributed by atoms with Crippen molar-refractivity contribution < 1.29 is 39.1 Å². The fourth-order valence-corrected chi connectivity index (χ4v) is 4.14. The van der Waals surface area contributed by atoms with Crippen LogP contribution in [0.25, 0.3) is 0 Å². The van der Waals surface area contributed by atoms with Crippen molar-refractivity contribution in [2.24, 2.45) is 0 Å². The Labute approximate surface area is 189 Å². The van der Waals surface area contributed by atoms with Gasteiger partial charge in [0.05, 0.1) is 19.3 Å². The summed E-state index contributed by atoms with van der Waals surface area (Å²) < 4.78 is 23.2. The Morgan fingerprint density at radius 2 is 1.61 bits per heavy atom. The van der Waals surface area contributed by atoms with Crippen LogP contribution >= 0.6 is 0 Å². The number of phenolic OH excluding ortho intramolecular Hbond substituents is 1. The number of aliphatic hydroxyl groups excluding tert-OH is 2. The Morgan fingerprint density at radius 3 is 2.39 bits per heavy atom. The zero-order valence-electron chi connectivity index (χ0n) is 17.7. The van der Waals surface area contributed by atoms with Gasteiger partial charge in [0.1, 0.15) is 5.75 Å². The van der Waals surface area contributed by atoms with Crippen molar-refractivity contribution in [3.8, 4) is 28.7 Å². The van der Waals surface area contributed by atoms with E-state index >= 15 is 0 Å². The lowest BCUT2D eigenvalue weighted by molar-refractivity contribution is -0.0130. The van der Waals surface area contributed by atoms with Crippen LogP contribution in [0.4, 0.5) is 0 Å². The maximum atomic E-state index is 12.6. The highest BCUT2D eigenvalue weighted by atomic mass is 16.6. The Hall–Kier alpha value is -3.75. The van der Waals surface area contributed by atoms with Gasteiger partial charge in [-0.05, 0) is 42.0 Å². The van der Waals surface area contributed by atoms with Gasteiger partial charge >= 0.3 is 0 Å². The molecule has 0 saturated carbocycles. The number of para-hydroxylation sites is 1. The third kappa shape index (κ3) is 3.63. The molecule has 33 heavy (non-hydrogen) atoms. The van der Waals surface area contributed by atoms with Crippen molar-refractivity contribution in [3.05, 3.63) is 77.4 Å².